The van der Waals surface area contributed by atoms with Crippen molar-refractivity contribution in [1.29, 1.82) is 0 Å². The summed E-state index contributed by atoms with van der Waals surface area (Å²) in [5.74, 6) is 0.528. The van der Waals surface area contributed by atoms with Crippen molar-refractivity contribution < 1.29 is 9.53 Å². The summed E-state index contributed by atoms with van der Waals surface area (Å²) in [4.78, 5) is 14.1. The van der Waals surface area contributed by atoms with Gasteiger partial charge in [0, 0.05) is 18.8 Å². The number of hydrogen-bond donors (Lipinski definition) is 1. The van der Waals surface area contributed by atoms with Gasteiger partial charge in [0.2, 0.25) is 0 Å². The lowest BCUT2D eigenvalue weighted by atomic mass is 10.1. The fourth-order valence-electron chi connectivity index (χ4n) is 2.58. The van der Waals surface area contributed by atoms with Crippen molar-refractivity contribution in [3.05, 3.63) is 47.2 Å². The highest BCUT2D eigenvalue weighted by Crippen LogP contribution is 2.23. The maximum atomic E-state index is 12.3. The van der Waals surface area contributed by atoms with Crippen LogP contribution in [0.25, 0.3) is 0 Å². The molecule has 1 aromatic carbocycles. The predicted octanol–water partition coefficient (Wildman–Crippen LogP) is 2.31. The van der Waals surface area contributed by atoms with E-state index in [1.165, 1.54) is 0 Å². The second-order valence-corrected chi connectivity index (χ2v) is 5.60. The number of nitrogens with one attached hydrogen (secondary N) is 1. The van der Waals surface area contributed by atoms with Crippen LogP contribution in [0, 0.1) is 13.8 Å². The number of carbonyl (C=O) groups is 1. The zero-order chi connectivity index (χ0) is 16.2. The quantitative estimate of drug-likeness (QED) is 0.942. The highest BCUT2D eigenvalue weighted by atomic mass is 16.5. The van der Waals surface area contributed by atoms with E-state index in [0.29, 0.717) is 37.8 Å². The number of benzene rings is 1. The summed E-state index contributed by atoms with van der Waals surface area (Å²) in [7, 11) is 0. The molecule has 0 atom stereocenters. The number of amides is 1. The molecule has 1 aromatic heterocycles. The summed E-state index contributed by atoms with van der Waals surface area (Å²) in [5, 5.41) is 11.5. The van der Waals surface area contributed by atoms with Gasteiger partial charge in [0.05, 0.1) is 13.2 Å². The molecule has 1 N–H and O–H groups in total. The van der Waals surface area contributed by atoms with Crippen molar-refractivity contribution in [1.82, 2.24) is 15.1 Å². The Balaban J connectivity index is 1.73. The number of aryl methyl sites for hydroxylation is 2. The maximum absolute atomic E-state index is 12.3. The average Bonchev–Trinajstić information content (AvgIpc) is 2.59. The zero-order valence-electron chi connectivity index (χ0n) is 13.4. The molecule has 0 unspecified atom stereocenters. The molecule has 1 aliphatic rings. The molecule has 0 bridgehead atoms. The van der Waals surface area contributed by atoms with Gasteiger partial charge in [-0.05, 0) is 37.1 Å². The van der Waals surface area contributed by atoms with Crippen molar-refractivity contribution in [2.75, 3.05) is 31.6 Å². The van der Waals surface area contributed by atoms with Crippen molar-refractivity contribution in [2.45, 2.75) is 13.8 Å². The Morgan fingerprint density at radius 1 is 1.09 bits per heavy atom. The number of rotatable bonds is 3. The fourth-order valence-corrected chi connectivity index (χ4v) is 2.58. The number of morpholine rings is 1. The minimum Gasteiger partial charge on any atom is -0.378 e. The van der Waals surface area contributed by atoms with E-state index < -0.39 is 0 Å². The largest absolute Gasteiger partial charge is 0.378 e. The molecular weight excluding hydrogens is 292 g/mol. The first kappa shape index (κ1) is 15.4. The summed E-state index contributed by atoms with van der Waals surface area (Å²) in [6, 6.07) is 9.59. The summed E-state index contributed by atoms with van der Waals surface area (Å²) in [6.07, 6.45) is 0. The lowest BCUT2D eigenvalue weighted by Gasteiger charge is -2.26. The molecule has 0 saturated carbocycles. The lowest BCUT2D eigenvalue weighted by Crippen LogP contribution is -2.41. The minimum absolute atomic E-state index is 0.0978. The van der Waals surface area contributed by atoms with E-state index in [9.17, 15) is 4.79 Å². The second-order valence-electron chi connectivity index (χ2n) is 5.60. The van der Waals surface area contributed by atoms with E-state index in [-0.39, 0.29) is 5.91 Å². The van der Waals surface area contributed by atoms with E-state index in [4.69, 9.17) is 4.74 Å². The standard InChI is InChI=1S/C17H20N4O2/c1-12-4-3-5-13(2)16(12)18-15-7-6-14(19-20-15)17(22)21-8-10-23-11-9-21/h3-7H,8-11H2,1-2H3,(H,18,20). The first-order valence-electron chi connectivity index (χ1n) is 7.69. The van der Waals surface area contributed by atoms with Gasteiger partial charge in [-0.15, -0.1) is 10.2 Å². The molecule has 1 aliphatic heterocycles. The number of carbonyl (C=O) groups excluding carboxylic acids is 1. The van der Waals surface area contributed by atoms with Crippen molar-refractivity contribution in [3.8, 4) is 0 Å². The van der Waals surface area contributed by atoms with Crippen molar-refractivity contribution >= 4 is 17.4 Å². The Morgan fingerprint density at radius 3 is 2.39 bits per heavy atom. The second kappa shape index (κ2) is 6.75. The molecule has 6 heteroatoms. The van der Waals surface area contributed by atoms with Crippen LogP contribution in [0.1, 0.15) is 21.6 Å². The van der Waals surface area contributed by atoms with Crippen LogP contribution in [0.4, 0.5) is 11.5 Å². The highest BCUT2D eigenvalue weighted by molar-refractivity contribution is 5.92. The van der Waals surface area contributed by atoms with Crippen LogP contribution in [0.2, 0.25) is 0 Å². The molecule has 23 heavy (non-hydrogen) atoms. The maximum Gasteiger partial charge on any atom is 0.274 e. The smallest absolute Gasteiger partial charge is 0.274 e. The molecule has 0 radical (unpaired) electrons. The molecule has 1 amide bonds. The van der Waals surface area contributed by atoms with Gasteiger partial charge in [-0.1, -0.05) is 18.2 Å². The number of para-hydroxylation sites is 1. The molecule has 1 fully saturated rings. The molecule has 2 heterocycles. The van der Waals surface area contributed by atoms with Gasteiger partial charge in [-0.2, -0.15) is 0 Å². The van der Waals surface area contributed by atoms with Crippen LogP contribution in [0.3, 0.4) is 0 Å². The molecule has 3 rings (SSSR count). The normalized spacial score (nSPS) is 14.6. The molecule has 1 saturated heterocycles. The third-order valence-corrected chi connectivity index (χ3v) is 3.92. The number of anilines is 2. The summed E-state index contributed by atoms with van der Waals surface area (Å²) in [5.41, 5.74) is 3.66. The number of ether oxygens (including phenoxy) is 1. The number of nitrogens with zero attached hydrogens (tertiary/aromatic N) is 3. The summed E-state index contributed by atoms with van der Waals surface area (Å²) in [6.45, 7) is 6.43. The van der Waals surface area contributed by atoms with Gasteiger partial charge in [0.25, 0.3) is 5.91 Å². The highest BCUT2D eigenvalue weighted by Gasteiger charge is 2.20. The summed E-state index contributed by atoms with van der Waals surface area (Å²) < 4.78 is 5.25. The van der Waals surface area contributed by atoms with Gasteiger partial charge in [-0.3, -0.25) is 4.79 Å². The summed E-state index contributed by atoms with van der Waals surface area (Å²) >= 11 is 0. The van der Waals surface area contributed by atoms with Gasteiger partial charge in [0.1, 0.15) is 0 Å². The van der Waals surface area contributed by atoms with Gasteiger partial charge >= 0.3 is 0 Å². The monoisotopic (exact) mass is 312 g/mol. The van der Waals surface area contributed by atoms with Crippen molar-refractivity contribution in [3.63, 3.8) is 0 Å². The lowest BCUT2D eigenvalue weighted by molar-refractivity contribution is 0.0298. The Kier molecular flexibility index (Phi) is 4.52. The van der Waals surface area contributed by atoms with Gasteiger partial charge in [0.15, 0.2) is 11.5 Å². The van der Waals surface area contributed by atoms with Crippen LogP contribution >= 0.6 is 0 Å². The Hall–Kier alpha value is -2.47. The van der Waals surface area contributed by atoms with Gasteiger partial charge in [-0.25, -0.2) is 0 Å². The third kappa shape index (κ3) is 3.48. The molecule has 6 nitrogen and oxygen atoms in total. The fraction of sp³-hybridized carbons (Fsp3) is 0.353. The molecule has 0 spiro atoms. The first-order chi connectivity index (χ1) is 11.1. The van der Waals surface area contributed by atoms with E-state index in [0.717, 1.165) is 16.8 Å². The van der Waals surface area contributed by atoms with Crippen LogP contribution in [0.15, 0.2) is 30.3 Å². The molecular formula is C17H20N4O2. The third-order valence-electron chi connectivity index (χ3n) is 3.92. The zero-order valence-corrected chi connectivity index (χ0v) is 13.4. The Bertz CT molecular complexity index is 674. The van der Waals surface area contributed by atoms with Crippen LogP contribution in [-0.4, -0.2) is 47.3 Å². The van der Waals surface area contributed by atoms with E-state index in [2.05, 4.69) is 15.5 Å². The van der Waals surface area contributed by atoms with E-state index in [1.54, 1.807) is 17.0 Å². The minimum atomic E-state index is -0.0978. The SMILES string of the molecule is Cc1cccc(C)c1Nc1ccc(C(=O)N2CCOCC2)nn1. The van der Waals surface area contributed by atoms with Crippen molar-refractivity contribution in [2.24, 2.45) is 0 Å². The van der Waals surface area contributed by atoms with E-state index in [1.807, 2.05) is 32.0 Å². The average molecular weight is 312 g/mol. The molecule has 0 aliphatic carbocycles. The number of aromatic nitrogens is 2. The van der Waals surface area contributed by atoms with Gasteiger partial charge < -0.3 is 15.0 Å². The number of hydrogen-bond acceptors (Lipinski definition) is 5. The Labute approximate surface area is 135 Å². The van der Waals surface area contributed by atoms with Crippen LogP contribution in [0.5, 0.6) is 0 Å². The van der Waals surface area contributed by atoms with Crippen LogP contribution < -0.4 is 5.32 Å². The van der Waals surface area contributed by atoms with E-state index >= 15 is 0 Å². The first-order valence-corrected chi connectivity index (χ1v) is 7.69. The molecule has 2 aromatic rings. The Morgan fingerprint density at radius 2 is 1.78 bits per heavy atom. The predicted molar refractivity (Wildman–Crippen MR) is 88.0 cm³/mol. The topological polar surface area (TPSA) is 67.4 Å². The molecule has 120 valence electrons. The van der Waals surface area contributed by atoms with Crippen LogP contribution in [-0.2, 0) is 4.74 Å².